The van der Waals surface area contributed by atoms with Gasteiger partial charge in [0.2, 0.25) is 0 Å². The minimum Gasteiger partial charge on any atom is -0.407 e. The Balaban J connectivity index is 1.96. The molecule has 1 aliphatic carbocycles. The summed E-state index contributed by atoms with van der Waals surface area (Å²) >= 11 is 0. The first-order chi connectivity index (χ1) is 12.4. The molecular formula is C23H30O2Si. The minimum atomic E-state index is -2.45. The van der Waals surface area contributed by atoms with Gasteiger partial charge in [-0.1, -0.05) is 81.4 Å². The molecule has 2 aromatic rings. The fourth-order valence-electron chi connectivity index (χ4n) is 4.31. The van der Waals surface area contributed by atoms with E-state index in [1.165, 1.54) is 10.4 Å². The van der Waals surface area contributed by atoms with E-state index >= 15 is 0 Å². The van der Waals surface area contributed by atoms with Gasteiger partial charge in [-0.05, 0) is 34.7 Å². The fraction of sp³-hybridized carbons (Fsp3) is 0.435. The van der Waals surface area contributed by atoms with Crippen LogP contribution >= 0.6 is 0 Å². The van der Waals surface area contributed by atoms with Gasteiger partial charge in [0, 0.05) is 18.9 Å². The monoisotopic (exact) mass is 366 g/mol. The van der Waals surface area contributed by atoms with Crippen molar-refractivity contribution in [2.24, 2.45) is 5.92 Å². The van der Waals surface area contributed by atoms with E-state index in [0.29, 0.717) is 12.4 Å². The van der Waals surface area contributed by atoms with Crippen molar-refractivity contribution in [2.45, 2.75) is 51.5 Å². The van der Waals surface area contributed by atoms with Crippen LogP contribution in [0.25, 0.3) is 0 Å². The van der Waals surface area contributed by atoms with E-state index in [9.17, 15) is 4.79 Å². The van der Waals surface area contributed by atoms with Crippen LogP contribution in [0.4, 0.5) is 0 Å². The first kappa shape index (κ1) is 19.1. The minimum absolute atomic E-state index is 0.00457. The van der Waals surface area contributed by atoms with Crippen LogP contribution in [0.1, 0.15) is 46.5 Å². The van der Waals surface area contributed by atoms with E-state index in [1.807, 2.05) is 0 Å². The molecule has 1 aliphatic rings. The SMILES string of the molecule is CC(C)(C)[Si](OCC[C@H]1CCCC1=O)(c1ccccc1)c1ccccc1. The summed E-state index contributed by atoms with van der Waals surface area (Å²) in [6.45, 7) is 7.53. The molecule has 3 heteroatoms. The van der Waals surface area contributed by atoms with Crippen LogP contribution in [-0.2, 0) is 9.22 Å². The van der Waals surface area contributed by atoms with Crippen molar-refractivity contribution in [3.8, 4) is 0 Å². The predicted molar refractivity (Wildman–Crippen MR) is 111 cm³/mol. The molecule has 26 heavy (non-hydrogen) atoms. The predicted octanol–water partition coefficient (Wildman–Crippen LogP) is 4.32. The van der Waals surface area contributed by atoms with Crippen molar-refractivity contribution in [3.05, 3.63) is 60.7 Å². The fourth-order valence-corrected chi connectivity index (χ4v) is 8.89. The van der Waals surface area contributed by atoms with Gasteiger partial charge < -0.3 is 4.43 Å². The Morgan fingerprint density at radius 3 is 1.92 bits per heavy atom. The van der Waals surface area contributed by atoms with Crippen LogP contribution in [0.5, 0.6) is 0 Å². The molecular weight excluding hydrogens is 336 g/mol. The van der Waals surface area contributed by atoms with Gasteiger partial charge in [0.05, 0.1) is 0 Å². The van der Waals surface area contributed by atoms with Gasteiger partial charge >= 0.3 is 0 Å². The van der Waals surface area contributed by atoms with Gasteiger partial charge in [-0.15, -0.1) is 0 Å². The van der Waals surface area contributed by atoms with Gasteiger partial charge in [-0.2, -0.15) is 0 Å². The zero-order valence-corrected chi connectivity index (χ0v) is 17.2. The molecule has 0 bridgehead atoms. The standard InChI is InChI=1S/C23H30O2Si/c1-23(2,3)26(20-12-6-4-7-13-20,21-14-8-5-9-15-21)25-18-17-19-11-10-16-22(19)24/h4-9,12-15,19H,10-11,16-18H2,1-3H3/t19-/m1/s1. The summed E-state index contributed by atoms with van der Waals surface area (Å²) in [6, 6.07) is 21.4. The van der Waals surface area contributed by atoms with E-state index in [2.05, 4.69) is 81.4 Å². The van der Waals surface area contributed by atoms with Gasteiger partial charge in [0.15, 0.2) is 0 Å². The molecule has 0 aromatic heterocycles. The summed E-state index contributed by atoms with van der Waals surface area (Å²) in [4.78, 5) is 12.0. The van der Waals surface area contributed by atoms with E-state index in [1.54, 1.807) is 0 Å². The second-order valence-corrected chi connectivity index (χ2v) is 12.7. The Morgan fingerprint density at radius 2 is 1.50 bits per heavy atom. The average Bonchev–Trinajstić information content (AvgIpc) is 3.04. The van der Waals surface area contributed by atoms with Crippen LogP contribution < -0.4 is 10.4 Å². The largest absolute Gasteiger partial charge is 0.407 e. The molecule has 3 rings (SSSR count). The van der Waals surface area contributed by atoms with Crippen molar-refractivity contribution in [1.82, 2.24) is 0 Å². The summed E-state index contributed by atoms with van der Waals surface area (Å²) < 4.78 is 6.86. The highest BCUT2D eigenvalue weighted by molar-refractivity contribution is 6.99. The average molecular weight is 367 g/mol. The Kier molecular flexibility index (Phi) is 5.78. The number of ketones is 1. The first-order valence-electron chi connectivity index (χ1n) is 9.73. The molecule has 0 saturated heterocycles. The number of rotatable bonds is 6. The molecule has 0 amide bonds. The highest BCUT2D eigenvalue weighted by atomic mass is 28.4. The van der Waals surface area contributed by atoms with Crippen molar-refractivity contribution < 1.29 is 9.22 Å². The van der Waals surface area contributed by atoms with E-state index in [-0.39, 0.29) is 11.0 Å². The number of hydrogen-bond acceptors (Lipinski definition) is 2. The summed E-state index contributed by atoms with van der Waals surface area (Å²) in [7, 11) is -2.45. The van der Waals surface area contributed by atoms with Crippen LogP contribution in [0.15, 0.2) is 60.7 Å². The van der Waals surface area contributed by atoms with Gasteiger partial charge in [0.25, 0.3) is 8.32 Å². The van der Waals surface area contributed by atoms with Gasteiger partial charge in [-0.3, -0.25) is 4.79 Å². The quantitative estimate of drug-likeness (QED) is 0.712. The lowest BCUT2D eigenvalue weighted by atomic mass is 10.0. The second-order valence-electron chi connectivity index (χ2n) is 8.36. The molecule has 2 aromatic carbocycles. The Bertz CT molecular complexity index is 679. The number of hydrogen-bond donors (Lipinski definition) is 0. The lowest BCUT2D eigenvalue weighted by Gasteiger charge is -2.43. The summed E-state index contributed by atoms with van der Waals surface area (Å²) in [5, 5.41) is 2.60. The summed E-state index contributed by atoms with van der Waals surface area (Å²) in [6.07, 6.45) is 3.68. The van der Waals surface area contributed by atoms with Crippen LogP contribution in [0.2, 0.25) is 5.04 Å². The molecule has 0 heterocycles. The topological polar surface area (TPSA) is 26.3 Å². The molecule has 138 valence electrons. The Morgan fingerprint density at radius 1 is 0.962 bits per heavy atom. The highest BCUT2D eigenvalue weighted by Crippen LogP contribution is 2.37. The zero-order chi connectivity index (χ0) is 18.6. The number of Topliss-reactive ketones (excluding diaryl/α,β-unsaturated/α-hetero) is 1. The molecule has 0 radical (unpaired) electrons. The van der Waals surface area contributed by atoms with Crippen LogP contribution in [0.3, 0.4) is 0 Å². The normalized spacial score (nSPS) is 18.3. The third-order valence-electron chi connectivity index (χ3n) is 5.63. The van der Waals surface area contributed by atoms with E-state index in [4.69, 9.17) is 4.43 Å². The van der Waals surface area contributed by atoms with Crippen LogP contribution in [0, 0.1) is 5.92 Å². The molecule has 2 nitrogen and oxygen atoms in total. The van der Waals surface area contributed by atoms with Gasteiger partial charge in [0.1, 0.15) is 5.78 Å². The van der Waals surface area contributed by atoms with E-state index in [0.717, 1.165) is 25.7 Å². The van der Waals surface area contributed by atoms with Crippen molar-refractivity contribution >= 4 is 24.5 Å². The lowest BCUT2D eigenvalue weighted by molar-refractivity contribution is -0.121. The number of benzene rings is 2. The third-order valence-corrected chi connectivity index (χ3v) is 10.7. The molecule has 0 spiro atoms. The van der Waals surface area contributed by atoms with Gasteiger partial charge in [-0.25, -0.2) is 0 Å². The van der Waals surface area contributed by atoms with Crippen molar-refractivity contribution in [1.29, 1.82) is 0 Å². The molecule has 0 unspecified atom stereocenters. The maximum Gasteiger partial charge on any atom is 0.261 e. The smallest absolute Gasteiger partial charge is 0.261 e. The molecule has 1 atom stereocenters. The van der Waals surface area contributed by atoms with Crippen LogP contribution in [-0.4, -0.2) is 20.7 Å². The van der Waals surface area contributed by atoms with Crippen molar-refractivity contribution in [2.75, 3.05) is 6.61 Å². The van der Waals surface area contributed by atoms with E-state index < -0.39 is 8.32 Å². The second kappa shape index (κ2) is 7.89. The Hall–Kier alpha value is -1.71. The Labute approximate surface area is 158 Å². The highest BCUT2D eigenvalue weighted by Gasteiger charge is 2.50. The molecule has 1 saturated carbocycles. The van der Waals surface area contributed by atoms with Crippen molar-refractivity contribution in [3.63, 3.8) is 0 Å². The zero-order valence-electron chi connectivity index (χ0n) is 16.2. The first-order valence-corrected chi connectivity index (χ1v) is 11.6. The molecule has 1 fully saturated rings. The molecule has 0 aliphatic heterocycles. The third kappa shape index (κ3) is 3.69. The maximum absolute atomic E-state index is 12.0. The number of carbonyl (C=O) groups is 1. The summed E-state index contributed by atoms with van der Waals surface area (Å²) in [5.41, 5.74) is 0. The molecule has 0 N–H and O–H groups in total. The lowest BCUT2D eigenvalue weighted by Crippen LogP contribution is -2.66. The maximum atomic E-state index is 12.0. The number of carbonyl (C=O) groups excluding carboxylic acids is 1. The summed E-state index contributed by atoms with van der Waals surface area (Å²) in [5.74, 6) is 0.629.